The molecule has 0 spiro atoms. The third-order valence-electron chi connectivity index (χ3n) is 4.71. The fraction of sp³-hybridized carbons (Fsp3) is 0.0833. The van der Waals surface area contributed by atoms with Gasteiger partial charge in [0, 0.05) is 35.4 Å². The van der Waals surface area contributed by atoms with Crippen molar-refractivity contribution in [1.82, 2.24) is 0 Å². The number of benzene rings is 3. The fourth-order valence-corrected chi connectivity index (χ4v) is 3.23. The number of amides is 1. The van der Waals surface area contributed by atoms with Crippen molar-refractivity contribution in [2.45, 2.75) is 6.54 Å². The Morgan fingerprint density at radius 1 is 0.967 bits per heavy atom. The Morgan fingerprint density at radius 2 is 1.73 bits per heavy atom. The van der Waals surface area contributed by atoms with E-state index in [0.29, 0.717) is 29.1 Å². The van der Waals surface area contributed by atoms with Gasteiger partial charge in [-0.15, -0.1) is 0 Å². The number of rotatable bonds is 6. The lowest BCUT2D eigenvalue weighted by molar-refractivity contribution is 0.102. The van der Waals surface area contributed by atoms with E-state index < -0.39 is 5.63 Å². The van der Waals surface area contributed by atoms with Crippen molar-refractivity contribution in [3.8, 4) is 5.75 Å². The number of hydrogen-bond acceptors (Lipinski definition) is 5. The number of anilines is 2. The number of fused-ring (bicyclic) bond motifs is 1. The smallest absolute Gasteiger partial charge is 0.336 e. The molecule has 0 atom stereocenters. The standard InChI is InChI=1S/C24H20N2O4/c1-29-18-11-12-19-16(13-23(27)30-22(19)14-18)15-25-21-10-6-5-9-20(21)24(28)26-17-7-3-2-4-8-17/h2-14,25H,15H2,1H3,(H,26,28). The minimum Gasteiger partial charge on any atom is -0.497 e. The van der Waals surface area contributed by atoms with E-state index in [2.05, 4.69) is 10.6 Å². The van der Waals surface area contributed by atoms with Crippen LogP contribution in [-0.4, -0.2) is 13.0 Å². The van der Waals surface area contributed by atoms with Crippen molar-refractivity contribution >= 4 is 28.3 Å². The predicted molar refractivity (Wildman–Crippen MR) is 117 cm³/mol. The normalized spacial score (nSPS) is 10.6. The molecule has 1 heterocycles. The molecule has 1 amide bonds. The molecule has 0 aliphatic rings. The molecule has 2 N–H and O–H groups in total. The van der Waals surface area contributed by atoms with Gasteiger partial charge in [0.25, 0.3) is 5.91 Å². The van der Waals surface area contributed by atoms with E-state index in [1.807, 2.05) is 60.7 Å². The highest BCUT2D eigenvalue weighted by Crippen LogP contribution is 2.24. The Morgan fingerprint density at radius 3 is 2.53 bits per heavy atom. The van der Waals surface area contributed by atoms with E-state index in [1.54, 1.807) is 19.2 Å². The fourth-order valence-electron chi connectivity index (χ4n) is 3.23. The number of ether oxygens (including phenoxy) is 1. The molecule has 4 rings (SSSR count). The van der Waals surface area contributed by atoms with Gasteiger partial charge in [0.15, 0.2) is 0 Å². The van der Waals surface area contributed by atoms with Gasteiger partial charge in [0.05, 0.1) is 12.7 Å². The molecule has 1 aromatic heterocycles. The molecule has 0 saturated heterocycles. The van der Waals surface area contributed by atoms with Crippen LogP contribution in [0.4, 0.5) is 11.4 Å². The average molecular weight is 400 g/mol. The van der Waals surface area contributed by atoms with Gasteiger partial charge in [-0.1, -0.05) is 30.3 Å². The van der Waals surface area contributed by atoms with E-state index >= 15 is 0 Å². The van der Waals surface area contributed by atoms with Crippen molar-refractivity contribution < 1.29 is 13.9 Å². The zero-order valence-electron chi connectivity index (χ0n) is 16.3. The van der Waals surface area contributed by atoms with Crippen LogP contribution in [0.1, 0.15) is 15.9 Å². The summed E-state index contributed by atoms with van der Waals surface area (Å²) >= 11 is 0. The Balaban J connectivity index is 1.59. The second-order valence-corrected chi connectivity index (χ2v) is 6.67. The molecule has 0 unspecified atom stereocenters. The van der Waals surface area contributed by atoms with Crippen molar-refractivity contribution in [1.29, 1.82) is 0 Å². The molecule has 30 heavy (non-hydrogen) atoms. The summed E-state index contributed by atoms with van der Waals surface area (Å²) in [4.78, 5) is 24.7. The summed E-state index contributed by atoms with van der Waals surface area (Å²) < 4.78 is 10.5. The van der Waals surface area contributed by atoms with Gasteiger partial charge in [-0.3, -0.25) is 4.79 Å². The minimum atomic E-state index is -0.442. The van der Waals surface area contributed by atoms with E-state index in [1.165, 1.54) is 6.07 Å². The molecule has 6 heteroatoms. The average Bonchev–Trinajstić information content (AvgIpc) is 2.77. The van der Waals surface area contributed by atoms with Crippen LogP contribution in [0.15, 0.2) is 88.1 Å². The topological polar surface area (TPSA) is 80.6 Å². The van der Waals surface area contributed by atoms with Gasteiger partial charge in [0.1, 0.15) is 11.3 Å². The first-order valence-corrected chi connectivity index (χ1v) is 9.44. The van der Waals surface area contributed by atoms with E-state index in [0.717, 1.165) is 16.6 Å². The van der Waals surface area contributed by atoms with Gasteiger partial charge < -0.3 is 19.8 Å². The number of carbonyl (C=O) groups excluding carboxylic acids is 1. The first-order chi connectivity index (χ1) is 14.6. The Hall–Kier alpha value is -4.06. The monoisotopic (exact) mass is 400 g/mol. The number of hydrogen-bond donors (Lipinski definition) is 2. The SMILES string of the molecule is COc1ccc2c(CNc3ccccc3C(=O)Nc3ccccc3)cc(=O)oc2c1. The maximum absolute atomic E-state index is 12.8. The number of methoxy groups -OCH3 is 1. The second kappa shape index (κ2) is 8.53. The molecular weight excluding hydrogens is 380 g/mol. The van der Waals surface area contributed by atoms with Crippen molar-refractivity contribution in [2.75, 3.05) is 17.7 Å². The first-order valence-electron chi connectivity index (χ1n) is 9.44. The van der Waals surface area contributed by atoms with Crippen molar-refractivity contribution in [3.63, 3.8) is 0 Å². The number of para-hydroxylation sites is 2. The summed E-state index contributed by atoms with van der Waals surface area (Å²) in [5.41, 5.74) is 2.67. The third-order valence-corrected chi connectivity index (χ3v) is 4.71. The molecule has 3 aromatic carbocycles. The zero-order chi connectivity index (χ0) is 20.9. The van der Waals surface area contributed by atoms with Crippen molar-refractivity contribution in [3.05, 3.63) is 100 Å². The number of nitrogens with one attached hydrogen (secondary N) is 2. The van der Waals surface area contributed by atoms with Crippen LogP contribution >= 0.6 is 0 Å². The second-order valence-electron chi connectivity index (χ2n) is 6.67. The third kappa shape index (κ3) is 4.17. The number of carbonyl (C=O) groups is 1. The molecule has 4 aromatic rings. The summed E-state index contributed by atoms with van der Waals surface area (Å²) in [6.45, 7) is 0.351. The van der Waals surface area contributed by atoms with E-state index in [-0.39, 0.29) is 5.91 Å². The largest absolute Gasteiger partial charge is 0.497 e. The highest BCUT2D eigenvalue weighted by molar-refractivity contribution is 6.08. The molecule has 0 bridgehead atoms. The van der Waals surface area contributed by atoms with E-state index in [9.17, 15) is 9.59 Å². The quantitative estimate of drug-likeness (QED) is 0.460. The lowest BCUT2D eigenvalue weighted by Crippen LogP contribution is -2.15. The molecule has 150 valence electrons. The zero-order valence-corrected chi connectivity index (χ0v) is 16.3. The Kier molecular flexibility index (Phi) is 5.48. The molecule has 0 saturated carbocycles. The molecule has 6 nitrogen and oxygen atoms in total. The molecule has 0 aliphatic carbocycles. The maximum atomic E-state index is 12.8. The van der Waals surface area contributed by atoms with Crippen LogP contribution in [-0.2, 0) is 6.54 Å². The first kappa shape index (κ1) is 19.3. The summed E-state index contributed by atoms with van der Waals surface area (Å²) in [5, 5.41) is 6.96. The van der Waals surface area contributed by atoms with Gasteiger partial charge in [0.2, 0.25) is 0 Å². The summed E-state index contributed by atoms with van der Waals surface area (Å²) in [7, 11) is 1.56. The Labute approximate surface area is 173 Å². The van der Waals surface area contributed by atoms with Gasteiger partial charge in [-0.25, -0.2) is 4.79 Å². The highest BCUT2D eigenvalue weighted by Gasteiger charge is 2.12. The van der Waals surface area contributed by atoms with Crippen LogP contribution < -0.4 is 21.0 Å². The molecular formula is C24H20N2O4. The van der Waals surface area contributed by atoms with Gasteiger partial charge in [-0.2, -0.15) is 0 Å². The van der Waals surface area contributed by atoms with Crippen LogP contribution in [0.2, 0.25) is 0 Å². The lowest BCUT2D eigenvalue weighted by Gasteiger charge is -2.13. The maximum Gasteiger partial charge on any atom is 0.336 e. The predicted octanol–water partition coefficient (Wildman–Crippen LogP) is 4.67. The van der Waals surface area contributed by atoms with Gasteiger partial charge >= 0.3 is 5.63 Å². The highest BCUT2D eigenvalue weighted by atomic mass is 16.5. The van der Waals surface area contributed by atoms with E-state index in [4.69, 9.17) is 9.15 Å². The molecule has 0 radical (unpaired) electrons. The minimum absolute atomic E-state index is 0.216. The summed E-state index contributed by atoms with van der Waals surface area (Å²) in [6.07, 6.45) is 0. The summed E-state index contributed by atoms with van der Waals surface area (Å²) in [5.74, 6) is 0.394. The Bertz CT molecular complexity index is 1250. The van der Waals surface area contributed by atoms with Crippen LogP contribution in [0, 0.1) is 0 Å². The van der Waals surface area contributed by atoms with Gasteiger partial charge in [-0.05, 0) is 42.0 Å². The van der Waals surface area contributed by atoms with Crippen LogP contribution in [0.3, 0.4) is 0 Å². The lowest BCUT2D eigenvalue weighted by atomic mass is 10.1. The van der Waals surface area contributed by atoms with Crippen molar-refractivity contribution in [2.24, 2.45) is 0 Å². The molecule has 0 aliphatic heterocycles. The summed E-state index contributed by atoms with van der Waals surface area (Å²) in [6, 6.07) is 23.3. The van der Waals surface area contributed by atoms with Crippen LogP contribution in [0.5, 0.6) is 5.75 Å². The molecule has 0 fully saturated rings. The van der Waals surface area contributed by atoms with Crippen LogP contribution in [0.25, 0.3) is 11.0 Å².